The minimum absolute atomic E-state index is 0.114. The smallest absolute Gasteiger partial charge is 0.129 e. The van der Waals surface area contributed by atoms with E-state index < -0.39 is 0 Å². The summed E-state index contributed by atoms with van der Waals surface area (Å²) in [5.74, 6) is 1.85. The molecule has 0 saturated carbocycles. The highest BCUT2D eigenvalue weighted by Crippen LogP contribution is 2.25. The predicted molar refractivity (Wildman–Crippen MR) is 70.6 cm³/mol. The van der Waals surface area contributed by atoms with Gasteiger partial charge in [-0.25, -0.2) is 4.98 Å². The lowest BCUT2D eigenvalue weighted by Crippen LogP contribution is -2.22. The van der Waals surface area contributed by atoms with Crippen LogP contribution in [0.1, 0.15) is 31.0 Å². The maximum Gasteiger partial charge on any atom is 0.129 e. The highest BCUT2D eigenvalue weighted by Gasteiger charge is 2.22. The molecule has 0 aliphatic carbocycles. The number of nitrogens with zero attached hydrogens (tertiary/aromatic N) is 2. The molecule has 1 saturated heterocycles. The van der Waals surface area contributed by atoms with Gasteiger partial charge in [-0.2, -0.15) is 0 Å². The van der Waals surface area contributed by atoms with E-state index in [0.717, 1.165) is 36.1 Å². The van der Waals surface area contributed by atoms with Gasteiger partial charge in [-0.05, 0) is 31.4 Å². The molecular formula is C13H20N4. The number of nitrogens with two attached hydrogens (primary N) is 1. The van der Waals surface area contributed by atoms with E-state index in [1.807, 2.05) is 19.1 Å². The first kappa shape index (κ1) is 11.9. The van der Waals surface area contributed by atoms with Crippen molar-refractivity contribution in [3.8, 4) is 0 Å². The van der Waals surface area contributed by atoms with E-state index in [2.05, 4.69) is 16.8 Å². The number of rotatable bonds is 3. The molecule has 1 atom stereocenters. The van der Waals surface area contributed by atoms with E-state index >= 15 is 0 Å². The predicted octanol–water partition coefficient (Wildman–Crippen LogP) is 1.91. The number of pyridine rings is 1. The Labute approximate surface area is 102 Å². The molecule has 0 aromatic carbocycles. The Morgan fingerprint density at radius 2 is 2.35 bits per heavy atom. The van der Waals surface area contributed by atoms with Gasteiger partial charge in [0.15, 0.2) is 0 Å². The first-order valence-corrected chi connectivity index (χ1v) is 6.18. The summed E-state index contributed by atoms with van der Waals surface area (Å²) in [7, 11) is 0. The van der Waals surface area contributed by atoms with Gasteiger partial charge in [0.2, 0.25) is 0 Å². The number of hydrogen-bond acceptors (Lipinski definition) is 3. The Kier molecular flexibility index (Phi) is 3.31. The number of amidine groups is 1. The molecule has 0 amide bonds. The Morgan fingerprint density at radius 3 is 2.94 bits per heavy atom. The van der Waals surface area contributed by atoms with Crippen LogP contribution in [0.25, 0.3) is 0 Å². The van der Waals surface area contributed by atoms with Crippen molar-refractivity contribution in [3.63, 3.8) is 0 Å². The SMILES string of the molecule is CCC1CCN(c2cc(C(=N)N)cc(C)n2)C1. The molecule has 1 aromatic rings. The van der Waals surface area contributed by atoms with Gasteiger partial charge >= 0.3 is 0 Å². The minimum Gasteiger partial charge on any atom is -0.384 e. The number of aryl methyl sites for hydroxylation is 1. The molecular weight excluding hydrogens is 212 g/mol. The monoisotopic (exact) mass is 232 g/mol. The highest BCUT2D eigenvalue weighted by atomic mass is 15.2. The summed E-state index contributed by atoms with van der Waals surface area (Å²) in [6.07, 6.45) is 2.46. The third-order valence-corrected chi connectivity index (χ3v) is 3.44. The van der Waals surface area contributed by atoms with Crippen LogP contribution in [0.15, 0.2) is 12.1 Å². The fourth-order valence-electron chi connectivity index (χ4n) is 2.34. The third-order valence-electron chi connectivity index (χ3n) is 3.44. The zero-order valence-electron chi connectivity index (χ0n) is 10.5. The van der Waals surface area contributed by atoms with Gasteiger partial charge in [-0.15, -0.1) is 0 Å². The van der Waals surface area contributed by atoms with E-state index in [-0.39, 0.29) is 5.84 Å². The second-order valence-electron chi connectivity index (χ2n) is 4.78. The second-order valence-corrected chi connectivity index (χ2v) is 4.78. The van der Waals surface area contributed by atoms with Crippen molar-refractivity contribution in [3.05, 3.63) is 23.4 Å². The molecule has 1 aromatic heterocycles. The summed E-state index contributed by atoms with van der Waals surface area (Å²) in [6, 6.07) is 3.78. The average molecular weight is 232 g/mol. The number of anilines is 1. The Bertz CT molecular complexity index is 427. The minimum atomic E-state index is 0.114. The van der Waals surface area contributed by atoms with Gasteiger partial charge in [-0.1, -0.05) is 13.3 Å². The van der Waals surface area contributed by atoms with Crippen LogP contribution >= 0.6 is 0 Å². The molecule has 0 bridgehead atoms. The lowest BCUT2D eigenvalue weighted by Gasteiger charge is -2.18. The molecule has 0 spiro atoms. The Hall–Kier alpha value is -1.58. The normalized spacial score (nSPS) is 19.6. The van der Waals surface area contributed by atoms with Crippen molar-refractivity contribution in [2.24, 2.45) is 11.7 Å². The molecule has 1 unspecified atom stereocenters. The lowest BCUT2D eigenvalue weighted by atomic mass is 10.1. The van der Waals surface area contributed by atoms with Crippen LogP contribution in [0.5, 0.6) is 0 Å². The number of nitrogens with one attached hydrogen (secondary N) is 1. The molecule has 1 aliphatic heterocycles. The molecule has 17 heavy (non-hydrogen) atoms. The Morgan fingerprint density at radius 1 is 1.59 bits per heavy atom. The fourth-order valence-corrected chi connectivity index (χ4v) is 2.34. The van der Waals surface area contributed by atoms with E-state index in [9.17, 15) is 0 Å². The van der Waals surface area contributed by atoms with Gasteiger partial charge in [0.25, 0.3) is 0 Å². The summed E-state index contributed by atoms with van der Waals surface area (Å²) < 4.78 is 0. The maximum absolute atomic E-state index is 7.51. The standard InChI is InChI=1S/C13H20N4/c1-3-10-4-5-17(8-10)12-7-11(13(14)15)6-9(2)16-12/h6-7,10H,3-5,8H2,1-2H3,(H3,14,15). The molecule has 2 rings (SSSR count). The van der Waals surface area contributed by atoms with Gasteiger partial charge in [0.05, 0.1) is 0 Å². The number of aromatic nitrogens is 1. The van der Waals surface area contributed by atoms with Crippen LogP contribution < -0.4 is 10.6 Å². The van der Waals surface area contributed by atoms with Crippen molar-refractivity contribution < 1.29 is 0 Å². The van der Waals surface area contributed by atoms with Crippen LogP contribution in [0.4, 0.5) is 5.82 Å². The van der Waals surface area contributed by atoms with Crippen molar-refractivity contribution in [2.45, 2.75) is 26.7 Å². The zero-order valence-corrected chi connectivity index (χ0v) is 10.5. The van der Waals surface area contributed by atoms with Crippen molar-refractivity contribution in [1.29, 1.82) is 5.41 Å². The summed E-state index contributed by atoms with van der Waals surface area (Å²) in [5, 5.41) is 7.51. The molecule has 1 aliphatic rings. The molecule has 4 nitrogen and oxygen atoms in total. The van der Waals surface area contributed by atoms with Crippen molar-refractivity contribution in [1.82, 2.24) is 4.98 Å². The largest absolute Gasteiger partial charge is 0.384 e. The van der Waals surface area contributed by atoms with Gasteiger partial charge in [-0.3, -0.25) is 5.41 Å². The zero-order chi connectivity index (χ0) is 12.4. The second kappa shape index (κ2) is 4.73. The van der Waals surface area contributed by atoms with Gasteiger partial charge in [0, 0.05) is 24.3 Å². The third kappa shape index (κ3) is 2.57. The quantitative estimate of drug-likeness (QED) is 0.618. The molecule has 4 heteroatoms. The first-order valence-electron chi connectivity index (χ1n) is 6.18. The van der Waals surface area contributed by atoms with Gasteiger partial charge < -0.3 is 10.6 Å². The maximum atomic E-state index is 7.51. The van der Waals surface area contributed by atoms with E-state index in [4.69, 9.17) is 11.1 Å². The molecule has 3 N–H and O–H groups in total. The van der Waals surface area contributed by atoms with Gasteiger partial charge in [0.1, 0.15) is 11.7 Å². The summed E-state index contributed by atoms with van der Waals surface area (Å²) in [4.78, 5) is 6.84. The fraction of sp³-hybridized carbons (Fsp3) is 0.538. The summed E-state index contributed by atoms with van der Waals surface area (Å²) in [6.45, 7) is 6.32. The van der Waals surface area contributed by atoms with Crippen molar-refractivity contribution >= 4 is 11.7 Å². The van der Waals surface area contributed by atoms with E-state index in [1.165, 1.54) is 12.8 Å². The van der Waals surface area contributed by atoms with E-state index in [0.29, 0.717) is 0 Å². The summed E-state index contributed by atoms with van der Waals surface area (Å²) in [5.41, 5.74) is 7.24. The van der Waals surface area contributed by atoms with E-state index in [1.54, 1.807) is 0 Å². The molecule has 2 heterocycles. The van der Waals surface area contributed by atoms with Crippen LogP contribution in [0, 0.1) is 18.3 Å². The molecule has 1 fully saturated rings. The number of nitrogen functional groups attached to an aromatic ring is 1. The highest BCUT2D eigenvalue weighted by molar-refractivity contribution is 5.95. The van der Waals surface area contributed by atoms with Crippen molar-refractivity contribution in [2.75, 3.05) is 18.0 Å². The number of hydrogen-bond donors (Lipinski definition) is 2. The summed E-state index contributed by atoms with van der Waals surface area (Å²) >= 11 is 0. The lowest BCUT2D eigenvalue weighted by molar-refractivity contribution is 0.568. The average Bonchev–Trinajstić information content (AvgIpc) is 2.76. The molecule has 0 radical (unpaired) electrons. The Balaban J connectivity index is 2.24. The van der Waals surface area contributed by atoms with Crippen LogP contribution in [0.3, 0.4) is 0 Å². The topological polar surface area (TPSA) is 66.0 Å². The van der Waals surface area contributed by atoms with Crippen LogP contribution in [-0.2, 0) is 0 Å². The molecule has 92 valence electrons. The van der Waals surface area contributed by atoms with Crippen LogP contribution in [-0.4, -0.2) is 23.9 Å². The first-order chi connectivity index (χ1) is 8.10. The van der Waals surface area contributed by atoms with Crippen LogP contribution in [0.2, 0.25) is 0 Å².